The Bertz CT molecular complexity index is 552. The maximum atomic E-state index is 12.4. The molecule has 0 saturated heterocycles. The molecule has 10 nitrogen and oxygen atoms in total. The average Bonchev–Trinajstić information content (AvgIpc) is 2.59. The van der Waals surface area contributed by atoms with Gasteiger partial charge < -0.3 is 31.9 Å². The minimum Gasteiger partial charge on any atom is -0.480 e. The van der Waals surface area contributed by atoms with Gasteiger partial charge >= 0.3 is 5.97 Å². The highest BCUT2D eigenvalue weighted by Gasteiger charge is 2.31. The summed E-state index contributed by atoms with van der Waals surface area (Å²) in [6.07, 6.45) is -0.293. The van der Waals surface area contributed by atoms with E-state index in [-0.39, 0.29) is 11.8 Å². The van der Waals surface area contributed by atoms with Gasteiger partial charge in [0.2, 0.25) is 17.7 Å². The average molecular weight is 402 g/mol. The zero-order valence-corrected chi connectivity index (χ0v) is 17.2. The van der Waals surface area contributed by atoms with Crippen LogP contribution in [0, 0.1) is 11.8 Å². The molecular weight excluding hydrogens is 368 g/mol. The van der Waals surface area contributed by atoms with Crippen molar-refractivity contribution in [3.8, 4) is 0 Å². The first-order chi connectivity index (χ1) is 12.9. The van der Waals surface area contributed by atoms with Crippen molar-refractivity contribution in [1.82, 2.24) is 16.0 Å². The fourth-order valence-corrected chi connectivity index (χ4v) is 2.47. The topological polar surface area (TPSA) is 171 Å². The van der Waals surface area contributed by atoms with Gasteiger partial charge in [-0.3, -0.25) is 14.4 Å². The molecule has 0 bridgehead atoms. The van der Waals surface area contributed by atoms with Gasteiger partial charge in [0.25, 0.3) is 0 Å². The summed E-state index contributed by atoms with van der Waals surface area (Å²) < 4.78 is 0. The summed E-state index contributed by atoms with van der Waals surface area (Å²) in [6.45, 7) is 8.15. The summed E-state index contributed by atoms with van der Waals surface area (Å²) in [7, 11) is 0. The Balaban J connectivity index is 4.84. The summed E-state index contributed by atoms with van der Waals surface area (Å²) in [5.41, 5.74) is 5.72. The van der Waals surface area contributed by atoms with E-state index in [0.717, 1.165) is 0 Å². The minimum atomic E-state index is -1.36. The van der Waals surface area contributed by atoms with Crippen LogP contribution in [-0.2, 0) is 19.2 Å². The Hall–Kier alpha value is -2.20. The van der Waals surface area contributed by atoms with Crippen LogP contribution in [0.3, 0.4) is 0 Å². The number of hydrogen-bond donors (Lipinski definition) is 6. The lowest BCUT2D eigenvalue weighted by molar-refractivity contribution is -0.144. The molecule has 10 heteroatoms. The Morgan fingerprint density at radius 3 is 1.96 bits per heavy atom. The second-order valence-electron chi connectivity index (χ2n) is 7.45. The molecule has 0 aliphatic carbocycles. The largest absolute Gasteiger partial charge is 0.480 e. The van der Waals surface area contributed by atoms with Gasteiger partial charge in [0.05, 0.1) is 18.7 Å². The van der Waals surface area contributed by atoms with E-state index in [1.54, 1.807) is 13.8 Å². The van der Waals surface area contributed by atoms with E-state index in [1.807, 2.05) is 13.8 Å². The van der Waals surface area contributed by atoms with Gasteiger partial charge in [0.15, 0.2) is 0 Å². The third kappa shape index (κ3) is 9.14. The predicted octanol–water partition coefficient (Wildman–Crippen LogP) is -1.04. The minimum absolute atomic E-state index is 0.214. The SMILES string of the molecule is CCC(C)C(NC(=O)C(NC(=O)CNC(=O)C(N)CC(C)C)C(C)O)C(=O)O. The molecule has 7 N–H and O–H groups in total. The number of amides is 3. The second kappa shape index (κ2) is 12.3. The lowest BCUT2D eigenvalue weighted by atomic mass is 9.98. The van der Waals surface area contributed by atoms with Crippen molar-refractivity contribution in [2.45, 2.75) is 71.7 Å². The van der Waals surface area contributed by atoms with Gasteiger partial charge in [0, 0.05) is 0 Å². The van der Waals surface area contributed by atoms with Crippen molar-refractivity contribution < 1.29 is 29.4 Å². The monoisotopic (exact) mass is 402 g/mol. The summed E-state index contributed by atoms with van der Waals surface area (Å²) in [6, 6.07) is -3.26. The lowest BCUT2D eigenvalue weighted by Crippen LogP contribution is -2.58. The summed E-state index contributed by atoms with van der Waals surface area (Å²) in [4.78, 5) is 47.6. The van der Waals surface area contributed by atoms with Crippen LogP contribution in [0.25, 0.3) is 0 Å². The number of aliphatic hydroxyl groups excluding tert-OH is 1. The normalized spacial score (nSPS) is 16.4. The Morgan fingerprint density at radius 1 is 0.964 bits per heavy atom. The number of carbonyl (C=O) groups is 4. The number of aliphatic carboxylic acids is 1. The molecule has 5 unspecified atom stereocenters. The number of carboxylic acid groups (broad SMARTS) is 1. The Morgan fingerprint density at radius 2 is 1.54 bits per heavy atom. The van der Waals surface area contributed by atoms with E-state index < -0.39 is 54.5 Å². The van der Waals surface area contributed by atoms with Crippen LogP contribution >= 0.6 is 0 Å². The van der Waals surface area contributed by atoms with E-state index in [2.05, 4.69) is 16.0 Å². The molecular formula is C18H34N4O6. The number of hydrogen-bond acceptors (Lipinski definition) is 6. The van der Waals surface area contributed by atoms with Crippen molar-refractivity contribution >= 4 is 23.7 Å². The highest BCUT2D eigenvalue weighted by molar-refractivity contribution is 5.92. The van der Waals surface area contributed by atoms with Gasteiger partial charge in [-0.1, -0.05) is 34.1 Å². The quantitative estimate of drug-likeness (QED) is 0.242. The first kappa shape index (κ1) is 25.8. The number of rotatable bonds is 12. The van der Waals surface area contributed by atoms with Crippen LogP contribution in [0.2, 0.25) is 0 Å². The molecule has 0 aliphatic heterocycles. The van der Waals surface area contributed by atoms with Crippen LogP contribution in [0.1, 0.15) is 47.5 Å². The summed E-state index contributed by atoms with van der Waals surface area (Å²) in [5, 5.41) is 26.1. The molecule has 162 valence electrons. The van der Waals surface area contributed by atoms with Gasteiger partial charge in [-0.25, -0.2) is 4.79 Å². The van der Waals surface area contributed by atoms with Crippen LogP contribution in [0.5, 0.6) is 0 Å². The van der Waals surface area contributed by atoms with Gasteiger partial charge in [-0.05, 0) is 25.2 Å². The smallest absolute Gasteiger partial charge is 0.326 e. The van der Waals surface area contributed by atoms with Crippen molar-refractivity contribution in [3.05, 3.63) is 0 Å². The van der Waals surface area contributed by atoms with Crippen LogP contribution < -0.4 is 21.7 Å². The fourth-order valence-electron chi connectivity index (χ4n) is 2.47. The number of carbonyl (C=O) groups excluding carboxylic acids is 3. The molecule has 0 aromatic carbocycles. The molecule has 0 saturated carbocycles. The van der Waals surface area contributed by atoms with Crippen molar-refractivity contribution in [1.29, 1.82) is 0 Å². The maximum Gasteiger partial charge on any atom is 0.326 e. The first-order valence-electron chi connectivity index (χ1n) is 9.44. The molecule has 0 rings (SSSR count). The molecule has 0 fully saturated rings. The van der Waals surface area contributed by atoms with E-state index in [1.165, 1.54) is 6.92 Å². The first-order valence-corrected chi connectivity index (χ1v) is 9.44. The molecule has 3 amide bonds. The van der Waals surface area contributed by atoms with E-state index in [0.29, 0.717) is 12.8 Å². The van der Waals surface area contributed by atoms with Gasteiger partial charge in [0.1, 0.15) is 12.1 Å². The molecule has 0 aliphatic rings. The third-order valence-corrected chi connectivity index (χ3v) is 4.34. The van der Waals surface area contributed by atoms with Crippen molar-refractivity contribution in [2.75, 3.05) is 6.54 Å². The fraction of sp³-hybridized carbons (Fsp3) is 0.778. The molecule has 0 spiro atoms. The molecule has 0 aromatic heterocycles. The highest BCUT2D eigenvalue weighted by Crippen LogP contribution is 2.09. The zero-order valence-electron chi connectivity index (χ0n) is 17.2. The van der Waals surface area contributed by atoms with Crippen molar-refractivity contribution in [2.24, 2.45) is 17.6 Å². The van der Waals surface area contributed by atoms with E-state index in [4.69, 9.17) is 5.73 Å². The van der Waals surface area contributed by atoms with Gasteiger partial charge in [-0.2, -0.15) is 0 Å². The number of nitrogens with two attached hydrogens (primary N) is 1. The third-order valence-electron chi connectivity index (χ3n) is 4.34. The molecule has 0 aromatic rings. The second-order valence-corrected chi connectivity index (χ2v) is 7.45. The van der Waals surface area contributed by atoms with Crippen molar-refractivity contribution in [3.63, 3.8) is 0 Å². The lowest BCUT2D eigenvalue weighted by Gasteiger charge is -2.25. The number of nitrogens with one attached hydrogen (secondary N) is 3. The van der Waals surface area contributed by atoms with E-state index >= 15 is 0 Å². The van der Waals surface area contributed by atoms with Gasteiger partial charge in [-0.15, -0.1) is 0 Å². The number of aliphatic hydroxyl groups is 1. The summed E-state index contributed by atoms with van der Waals surface area (Å²) in [5.74, 6) is -3.35. The molecule has 0 heterocycles. The maximum absolute atomic E-state index is 12.4. The predicted molar refractivity (Wildman–Crippen MR) is 103 cm³/mol. The van der Waals surface area contributed by atoms with Crippen LogP contribution in [-0.4, -0.2) is 64.7 Å². The Kier molecular flexibility index (Phi) is 11.3. The zero-order chi connectivity index (χ0) is 22.0. The molecule has 5 atom stereocenters. The van der Waals surface area contributed by atoms with E-state index in [9.17, 15) is 29.4 Å². The standard InChI is InChI=1S/C18H34N4O6/c1-6-10(4)14(18(27)28)22-17(26)15(11(5)23)21-13(24)8-20-16(25)12(19)7-9(2)3/h9-12,14-15,23H,6-8,19H2,1-5H3,(H,20,25)(H,21,24)(H,22,26)(H,27,28). The van der Waals surface area contributed by atoms with Crippen LogP contribution in [0.4, 0.5) is 0 Å². The van der Waals surface area contributed by atoms with Crippen LogP contribution in [0.15, 0.2) is 0 Å². The molecule has 28 heavy (non-hydrogen) atoms. The summed E-state index contributed by atoms with van der Waals surface area (Å²) >= 11 is 0. The molecule has 0 radical (unpaired) electrons. The highest BCUT2D eigenvalue weighted by atomic mass is 16.4. The number of carboxylic acids is 1. The Labute approximate surface area is 165 Å².